The van der Waals surface area contributed by atoms with E-state index in [0.717, 1.165) is 51.4 Å². The molecule has 0 aliphatic heterocycles. The number of carbonyl (C=O) groups is 4. The molecule has 0 aromatic carbocycles. The third-order valence-electron chi connectivity index (χ3n) is 9.02. The number of phosphoric ester groups is 1. The fourth-order valence-electron chi connectivity index (χ4n) is 6.00. The molecule has 0 amide bonds. The standard InChI is InChI=1S/C40H75O14P.Mg/c1-5-9-11-13-15-17-19-21-23-25-27-29-37(41)53-35(31-34(52-40(44)49-8-4)32-50-39(43)48-7-3)36(33-51-55(45,46)47)54-38(42)30-28-26-24-22-20-18-16-14-12-10-6-2;/h34-36H,5-33H2,1-4H3,(H2,45,46,47);/q;+2/p-2. The van der Waals surface area contributed by atoms with Gasteiger partial charge in [0.25, 0.3) is 0 Å². The third-order valence-corrected chi connectivity index (χ3v) is 9.48. The Morgan fingerprint density at radius 2 is 0.857 bits per heavy atom. The average Bonchev–Trinajstić information content (AvgIpc) is 3.13. The summed E-state index contributed by atoms with van der Waals surface area (Å²) in [5, 5.41) is 0. The second-order valence-electron chi connectivity index (χ2n) is 14.0. The Kier molecular flexibility index (Phi) is 39.2. The zero-order chi connectivity index (χ0) is 41.0. The Morgan fingerprint density at radius 3 is 1.25 bits per heavy atom. The minimum atomic E-state index is -5.55. The van der Waals surface area contributed by atoms with Crippen LogP contribution in [0.3, 0.4) is 0 Å². The van der Waals surface area contributed by atoms with Gasteiger partial charge in [0.2, 0.25) is 0 Å². The predicted octanol–water partition coefficient (Wildman–Crippen LogP) is 8.78. The molecule has 0 spiro atoms. The van der Waals surface area contributed by atoms with Gasteiger partial charge in [0.05, 0.1) is 27.6 Å². The number of rotatable bonds is 37. The molecule has 0 aromatic heterocycles. The monoisotopic (exact) mass is 832 g/mol. The maximum absolute atomic E-state index is 13.1. The number of hydrogen-bond acceptors (Lipinski definition) is 14. The largest absolute Gasteiger partial charge is 2.00 e. The normalized spacial score (nSPS) is 12.8. The van der Waals surface area contributed by atoms with Crippen LogP contribution in [0.25, 0.3) is 0 Å². The fourth-order valence-corrected chi connectivity index (χ4v) is 6.33. The predicted molar refractivity (Wildman–Crippen MR) is 211 cm³/mol. The molecule has 0 heterocycles. The van der Waals surface area contributed by atoms with Crippen LogP contribution < -0.4 is 9.79 Å². The molecule has 16 heteroatoms. The van der Waals surface area contributed by atoms with Crippen molar-refractivity contribution in [2.75, 3.05) is 26.4 Å². The van der Waals surface area contributed by atoms with Gasteiger partial charge >= 0.3 is 47.3 Å². The first-order valence-corrected chi connectivity index (χ1v) is 22.6. The van der Waals surface area contributed by atoms with Crippen molar-refractivity contribution < 1.29 is 66.5 Å². The Bertz CT molecular complexity index is 1030. The van der Waals surface area contributed by atoms with Crippen LogP contribution in [0.2, 0.25) is 0 Å². The van der Waals surface area contributed by atoms with Crippen molar-refractivity contribution in [2.45, 2.75) is 207 Å². The number of unbranched alkanes of at least 4 members (excludes halogenated alkanes) is 20. The van der Waals surface area contributed by atoms with Crippen molar-refractivity contribution in [1.29, 1.82) is 0 Å². The summed E-state index contributed by atoms with van der Waals surface area (Å²) in [6.07, 6.45) is 16.7. The van der Waals surface area contributed by atoms with Crippen LogP contribution in [-0.4, -0.2) is 92.0 Å². The van der Waals surface area contributed by atoms with E-state index >= 15 is 0 Å². The molecule has 0 fully saturated rings. The van der Waals surface area contributed by atoms with E-state index in [4.69, 9.17) is 28.4 Å². The van der Waals surface area contributed by atoms with Crippen molar-refractivity contribution in [1.82, 2.24) is 0 Å². The van der Waals surface area contributed by atoms with Gasteiger partial charge in [-0.2, -0.15) is 0 Å². The van der Waals surface area contributed by atoms with E-state index in [2.05, 4.69) is 18.4 Å². The van der Waals surface area contributed by atoms with Gasteiger partial charge in [-0.05, 0) is 26.7 Å². The molecule has 0 aliphatic carbocycles. The molecular formula is C40H73MgO14P. The number of carbonyl (C=O) groups excluding carboxylic acids is 4. The van der Waals surface area contributed by atoms with Crippen molar-refractivity contribution in [3.8, 4) is 0 Å². The number of esters is 2. The van der Waals surface area contributed by atoms with Crippen LogP contribution in [-0.2, 0) is 47.1 Å². The average molecular weight is 833 g/mol. The van der Waals surface area contributed by atoms with Gasteiger partial charge in [-0.25, -0.2) is 9.59 Å². The van der Waals surface area contributed by atoms with Crippen LogP contribution >= 0.6 is 7.82 Å². The van der Waals surface area contributed by atoms with E-state index in [9.17, 15) is 33.5 Å². The summed E-state index contributed by atoms with van der Waals surface area (Å²) in [4.78, 5) is 73.4. The van der Waals surface area contributed by atoms with Gasteiger partial charge in [0.15, 0.2) is 6.10 Å². The maximum atomic E-state index is 13.1. The Labute approximate surface area is 353 Å². The van der Waals surface area contributed by atoms with E-state index in [1.54, 1.807) is 13.8 Å². The van der Waals surface area contributed by atoms with Crippen LogP contribution in [0, 0.1) is 0 Å². The van der Waals surface area contributed by atoms with Gasteiger partial charge in [0.1, 0.15) is 18.8 Å². The first kappa shape index (κ1) is 56.5. The first-order chi connectivity index (χ1) is 26.4. The second kappa shape index (κ2) is 38.9. The summed E-state index contributed by atoms with van der Waals surface area (Å²) in [6, 6.07) is 0. The molecule has 0 radical (unpaired) electrons. The van der Waals surface area contributed by atoms with Crippen LogP contribution in [0.15, 0.2) is 0 Å². The summed E-state index contributed by atoms with van der Waals surface area (Å²) >= 11 is 0. The molecule has 0 aliphatic rings. The molecule has 0 saturated heterocycles. The van der Waals surface area contributed by atoms with Crippen molar-refractivity contribution >= 4 is 55.1 Å². The number of phosphoric acid groups is 1. The molecular weight excluding hydrogens is 760 g/mol. The van der Waals surface area contributed by atoms with E-state index in [1.165, 1.54) is 77.0 Å². The molecule has 14 nitrogen and oxygen atoms in total. The quantitative estimate of drug-likeness (QED) is 0.0189. The van der Waals surface area contributed by atoms with E-state index < -0.39 is 70.0 Å². The van der Waals surface area contributed by atoms with Gasteiger partial charge in [-0.1, -0.05) is 142 Å². The molecule has 3 unspecified atom stereocenters. The van der Waals surface area contributed by atoms with E-state index in [1.807, 2.05) is 0 Å². The molecule has 0 N–H and O–H groups in total. The topological polar surface area (TPSA) is 196 Å². The van der Waals surface area contributed by atoms with Crippen LogP contribution in [0.4, 0.5) is 9.59 Å². The molecule has 0 aromatic rings. The van der Waals surface area contributed by atoms with Gasteiger partial charge in [-0.15, -0.1) is 0 Å². The van der Waals surface area contributed by atoms with Crippen molar-refractivity contribution in [2.24, 2.45) is 0 Å². The first-order valence-electron chi connectivity index (χ1n) is 21.1. The van der Waals surface area contributed by atoms with Crippen molar-refractivity contribution in [3.63, 3.8) is 0 Å². The summed E-state index contributed by atoms with van der Waals surface area (Å²) in [6.45, 7) is 5.98. The maximum Gasteiger partial charge on any atom is 2.00 e. The third kappa shape index (κ3) is 36.7. The molecule has 324 valence electrons. The fraction of sp³-hybridized carbons (Fsp3) is 0.900. The molecule has 3 atom stereocenters. The van der Waals surface area contributed by atoms with Crippen LogP contribution in [0.5, 0.6) is 0 Å². The molecule has 0 saturated carbocycles. The minimum Gasteiger partial charge on any atom is -0.790 e. The summed E-state index contributed by atoms with van der Waals surface area (Å²) in [7, 11) is -5.55. The zero-order valence-electron chi connectivity index (χ0n) is 35.1. The van der Waals surface area contributed by atoms with Crippen LogP contribution in [0.1, 0.15) is 188 Å². The van der Waals surface area contributed by atoms with Gasteiger partial charge in [0, 0.05) is 19.3 Å². The zero-order valence-corrected chi connectivity index (χ0v) is 37.4. The van der Waals surface area contributed by atoms with Gasteiger partial charge < -0.3 is 47.3 Å². The SMILES string of the molecule is CCCCCCCCCCCCCC(=O)OC(COP(=O)([O-])[O-])C(CC(COC(=O)OCC)OC(=O)OCC)OC(=O)CCCCCCCCCCCCC.[Mg+2]. The molecule has 0 rings (SSSR count). The summed E-state index contributed by atoms with van der Waals surface area (Å²) in [5.41, 5.74) is 0. The second-order valence-corrected chi connectivity index (χ2v) is 15.2. The summed E-state index contributed by atoms with van der Waals surface area (Å²) < 4.78 is 47.3. The smallest absolute Gasteiger partial charge is 0.790 e. The minimum absolute atomic E-state index is 0. The molecule has 56 heavy (non-hydrogen) atoms. The summed E-state index contributed by atoms with van der Waals surface area (Å²) in [5.74, 6) is -1.39. The van der Waals surface area contributed by atoms with Gasteiger partial charge in [-0.3, -0.25) is 9.59 Å². The number of ether oxygens (including phenoxy) is 6. The Balaban J connectivity index is 0. The Morgan fingerprint density at radius 1 is 0.482 bits per heavy atom. The van der Waals surface area contributed by atoms with Crippen molar-refractivity contribution in [3.05, 3.63) is 0 Å². The van der Waals surface area contributed by atoms with E-state index in [0.29, 0.717) is 12.8 Å². The molecule has 0 bridgehead atoms. The van der Waals surface area contributed by atoms with E-state index in [-0.39, 0.29) is 49.1 Å². The number of hydrogen-bond donors (Lipinski definition) is 0. The Hall–Kier alpha value is -1.64.